The number of nitrogens with one attached hydrogen (secondary N) is 1. The number of unbranched alkanes of at least 4 members (excludes halogenated alkanes) is 21. The Bertz CT molecular complexity index is 1130. The van der Waals surface area contributed by atoms with Crippen molar-refractivity contribution in [3.63, 3.8) is 0 Å². The van der Waals surface area contributed by atoms with Gasteiger partial charge in [-0.05, 0) is 57.8 Å². The molecule has 0 radical (unpaired) electrons. The Kier molecular flexibility index (Phi) is 39.3. The van der Waals surface area contributed by atoms with Gasteiger partial charge in [0.25, 0.3) is 0 Å². The summed E-state index contributed by atoms with van der Waals surface area (Å²) in [4.78, 5) is 23.2. The monoisotopic (exact) mass is 836 g/mol. The average molecular weight is 836 g/mol. The summed E-state index contributed by atoms with van der Waals surface area (Å²) in [5.41, 5.74) is 0. The van der Waals surface area contributed by atoms with Crippen molar-refractivity contribution < 1.29 is 32.9 Å². The Balaban J connectivity index is 4.43. The van der Waals surface area contributed by atoms with Crippen LogP contribution in [0.25, 0.3) is 0 Å². The molecule has 0 bridgehead atoms. The summed E-state index contributed by atoms with van der Waals surface area (Å²) in [6, 6.07) is -0.861. The first kappa shape index (κ1) is 56.2. The zero-order chi connectivity index (χ0) is 42.8. The molecule has 0 spiro atoms. The number of amides is 1. The predicted molar refractivity (Wildman–Crippen MR) is 249 cm³/mol. The first-order valence-corrected chi connectivity index (χ1v) is 25.2. The van der Waals surface area contributed by atoms with E-state index in [-0.39, 0.29) is 19.1 Å². The zero-order valence-corrected chi connectivity index (χ0v) is 39.2. The van der Waals surface area contributed by atoms with E-state index in [2.05, 4.69) is 67.8 Å². The lowest BCUT2D eigenvalue weighted by Crippen LogP contribution is -2.45. The van der Waals surface area contributed by atoms with Crippen LogP contribution in [0.15, 0.2) is 60.8 Å². The van der Waals surface area contributed by atoms with E-state index in [1.165, 1.54) is 96.3 Å². The van der Waals surface area contributed by atoms with Crippen LogP contribution in [0.4, 0.5) is 0 Å². The van der Waals surface area contributed by atoms with Gasteiger partial charge < -0.3 is 19.8 Å². The second kappa shape index (κ2) is 40.6. The third-order valence-electron chi connectivity index (χ3n) is 10.2. The van der Waals surface area contributed by atoms with Gasteiger partial charge in [0.15, 0.2) is 0 Å². The number of quaternary nitrogens is 1. The number of aliphatic hydroxyl groups is 1. The normalized spacial score (nSPS) is 14.8. The largest absolute Gasteiger partial charge is 0.472 e. The predicted octanol–water partition coefficient (Wildman–Crippen LogP) is 13.4. The Morgan fingerprint density at radius 3 is 1.52 bits per heavy atom. The van der Waals surface area contributed by atoms with E-state index >= 15 is 0 Å². The van der Waals surface area contributed by atoms with Crippen LogP contribution in [-0.2, 0) is 18.4 Å². The van der Waals surface area contributed by atoms with Gasteiger partial charge in [-0.15, -0.1) is 0 Å². The maximum absolute atomic E-state index is 12.9. The van der Waals surface area contributed by atoms with Crippen molar-refractivity contribution in [3.05, 3.63) is 60.8 Å². The molecule has 0 saturated carbocycles. The maximum atomic E-state index is 12.9. The smallest absolute Gasteiger partial charge is 0.387 e. The fraction of sp³-hybridized carbons (Fsp3) is 0.776. The molecule has 338 valence electrons. The van der Waals surface area contributed by atoms with Crippen LogP contribution in [0.5, 0.6) is 0 Å². The SMILES string of the molecule is CC/C=C\C/C=C\C/C=C\C/C=C\CCCCCCC(=O)NC(COP(=O)(O)OCC[N+](C)(C)C)C(O)/C=C/CCCCCCCCCCCCCCCCCCC. The van der Waals surface area contributed by atoms with Crippen molar-refractivity contribution in [2.75, 3.05) is 40.9 Å². The van der Waals surface area contributed by atoms with Gasteiger partial charge in [0, 0.05) is 6.42 Å². The van der Waals surface area contributed by atoms with E-state index in [9.17, 15) is 19.4 Å². The topological polar surface area (TPSA) is 105 Å². The van der Waals surface area contributed by atoms with Crippen molar-refractivity contribution in [1.29, 1.82) is 0 Å². The highest BCUT2D eigenvalue weighted by Crippen LogP contribution is 2.43. The fourth-order valence-electron chi connectivity index (χ4n) is 6.50. The van der Waals surface area contributed by atoms with E-state index in [1.807, 2.05) is 27.2 Å². The molecule has 0 fully saturated rings. The molecular weight excluding hydrogens is 744 g/mol. The first-order valence-electron chi connectivity index (χ1n) is 23.7. The van der Waals surface area contributed by atoms with E-state index in [1.54, 1.807) is 6.08 Å². The molecule has 9 heteroatoms. The van der Waals surface area contributed by atoms with Gasteiger partial charge in [0.2, 0.25) is 5.91 Å². The number of carbonyl (C=O) groups is 1. The summed E-state index contributed by atoms with van der Waals surface area (Å²) in [6.07, 6.45) is 52.9. The van der Waals surface area contributed by atoms with Crippen molar-refractivity contribution in [1.82, 2.24) is 5.32 Å². The Labute approximate surface area is 358 Å². The Morgan fingerprint density at radius 2 is 1.03 bits per heavy atom. The minimum Gasteiger partial charge on any atom is -0.387 e. The highest BCUT2D eigenvalue weighted by Gasteiger charge is 2.27. The van der Waals surface area contributed by atoms with E-state index < -0.39 is 20.0 Å². The second-order valence-corrected chi connectivity index (χ2v) is 18.6. The van der Waals surface area contributed by atoms with Crippen LogP contribution in [0.2, 0.25) is 0 Å². The molecule has 3 N–H and O–H groups in total. The Morgan fingerprint density at radius 1 is 0.603 bits per heavy atom. The van der Waals surface area contributed by atoms with Gasteiger partial charge in [0.05, 0.1) is 39.9 Å². The van der Waals surface area contributed by atoms with Gasteiger partial charge in [-0.2, -0.15) is 0 Å². The molecule has 58 heavy (non-hydrogen) atoms. The lowest BCUT2D eigenvalue weighted by Gasteiger charge is -2.25. The number of carbonyl (C=O) groups excluding carboxylic acids is 1. The molecule has 0 aromatic heterocycles. The highest BCUT2D eigenvalue weighted by atomic mass is 31.2. The quantitative estimate of drug-likeness (QED) is 0.0245. The van der Waals surface area contributed by atoms with Gasteiger partial charge in [0.1, 0.15) is 13.2 Å². The van der Waals surface area contributed by atoms with Crippen LogP contribution in [0.1, 0.15) is 194 Å². The van der Waals surface area contributed by atoms with E-state index in [0.29, 0.717) is 17.4 Å². The first-order chi connectivity index (χ1) is 28.0. The van der Waals surface area contributed by atoms with Crippen molar-refractivity contribution in [2.24, 2.45) is 0 Å². The molecule has 8 nitrogen and oxygen atoms in total. The molecule has 0 aromatic rings. The molecular formula is C49H92N2O6P+. The summed E-state index contributed by atoms with van der Waals surface area (Å²) in [7, 11) is 1.55. The van der Waals surface area contributed by atoms with Crippen LogP contribution >= 0.6 is 7.82 Å². The van der Waals surface area contributed by atoms with Gasteiger partial charge in [-0.25, -0.2) is 4.57 Å². The summed E-state index contributed by atoms with van der Waals surface area (Å²) in [5.74, 6) is -0.202. The molecule has 3 atom stereocenters. The summed E-state index contributed by atoms with van der Waals surface area (Å²) in [6.45, 7) is 4.68. The van der Waals surface area contributed by atoms with Gasteiger partial charge >= 0.3 is 7.82 Å². The molecule has 0 aliphatic rings. The molecule has 0 saturated heterocycles. The number of phosphoric ester groups is 1. The lowest BCUT2D eigenvalue weighted by molar-refractivity contribution is -0.870. The summed E-state index contributed by atoms with van der Waals surface area (Å²) in [5, 5.41) is 13.8. The number of nitrogens with zero attached hydrogens (tertiary/aromatic N) is 1. The number of phosphoric acid groups is 1. The third kappa shape index (κ3) is 42.3. The summed E-state index contributed by atoms with van der Waals surface area (Å²) < 4.78 is 23.6. The maximum Gasteiger partial charge on any atom is 0.472 e. The number of aliphatic hydroxyl groups excluding tert-OH is 1. The lowest BCUT2D eigenvalue weighted by atomic mass is 10.0. The Hall–Kier alpha value is -1.80. The average Bonchev–Trinajstić information content (AvgIpc) is 3.17. The van der Waals surface area contributed by atoms with Crippen molar-refractivity contribution >= 4 is 13.7 Å². The fourth-order valence-corrected chi connectivity index (χ4v) is 7.24. The van der Waals surface area contributed by atoms with Crippen LogP contribution in [0, 0.1) is 0 Å². The number of allylic oxidation sites excluding steroid dienone is 9. The molecule has 0 rings (SSSR count). The molecule has 0 heterocycles. The van der Waals surface area contributed by atoms with E-state index in [0.717, 1.165) is 77.0 Å². The van der Waals surface area contributed by atoms with Crippen LogP contribution in [-0.4, -0.2) is 73.4 Å². The molecule has 1 amide bonds. The van der Waals surface area contributed by atoms with Crippen molar-refractivity contribution in [3.8, 4) is 0 Å². The van der Waals surface area contributed by atoms with Crippen LogP contribution in [0.3, 0.4) is 0 Å². The van der Waals surface area contributed by atoms with Gasteiger partial charge in [-0.3, -0.25) is 13.8 Å². The number of rotatable bonds is 42. The molecule has 0 aromatic carbocycles. The molecule has 0 aliphatic heterocycles. The number of hydrogen-bond donors (Lipinski definition) is 3. The standard InChI is InChI=1S/C49H91N2O6P/c1-6-8-10-12-14-16-18-20-22-24-25-27-28-30-32-34-36-38-40-42-48(52)47(46-57-58(54,55)56-45-44-51(3,4)5)50-49(53)43-41-39-37-35-33-31-29-26-23-21-19-17-15-13-11-9-7-2/h9,11,15,17,21,23,29,31,40,42,47-48,52H,6-8,10,12-14,16,18-20,22,24-28,30,32-39,41,43-46H2,1-5H3,(H-,50,53,54,55)/p+1/b11-9-,17-15-,23-21-,31-29-,42-40+. The summed E-state index contributed by atoms with van der Waals surface area (Å²) >= 11 is 0. The molecule has 3 unspecified atom stereocenters. The number of hydrogen-bond acceptors (Lipinski definition) is 5. The molecule has 0 aliphatic carbocycles. The minimum absolute atomic E-state index is 0.0540. The zero-order valence-electron chi connectivity index (χ0n) is 38.3. The van der Waals surface area contributed by atoms with Crippen LogP contribution < -0.4 is 5.32 Å². The highest BCUT2D eigenvalue weighted by molar-refractivity contribution is 7.47. The minimum atomic E-state index is -4.35. The van der Waals surface area contributed by atoms with Gasteiger partial charge in [-0.1, -0.05) is 190 Å². The van der Waals surface area contributed by atoms with Crippen molar-refractivity contribution in [2.45, 2.75) is 206 Å². The number of likely N-dealkylation sites (N-methyl/N-ethyl adjacent to an activating group) is 1. The third-order valence-corrected chi connectivity index (χ3v) is 11.2. The second-order valence-electron chi connectivity index (χ2n) is 17.1. The van der Waals surface area contributed by atoms with E-state index in [4.69, 9.17) is 9.05 Å².